The summed E-state index contributed by atoms with van der Waals surface area (Å²) >= 11 is 3.38. The maximum Gasteiger partial charge on any atom is 0.101 e. The number of hydrogen-bond donors (Lipinski definition) is 0. The van der Waals surface area contributed by atoms with Gasteiger partial charge in [-0.2, -0.15) is 5.26 Å². The average Bonchev–Trinajstić information content (AvgIpc) is 2.77. The Kier molecular flexibility index (Phi) is 3.47. The van der Waals surface area contributed by atoms with Crippen molar-refractivity contribution in [2.24, 2.45) is 0 Å². The molecule has 2 rings (SSSR count). The lowest BCUT2D eigenvalue weighted by Gasteiger charge is -2.19. The zero-order valence-corrected chi connectivity index (χ0v) is 10.7. The minimum absolute atomic E-state index is 0.287. The van der Waals surface area contributed by atoms with Gasteiger partial charge in [0.15, 0.2) is 0 Å². The molecule has 0 aliphatic carbocycles. The van der Waals surface area contributed by atoms with Crippen LogP contribution in [0, 0.1) is 11.3 Å². The summed E-state index contributed by atoms with van der Waals surface area (Å²) in [6.07, 6.45) is 1.31. The monoisotopic (exact) mass is 280 g/mol. The predicted molar refractivity (Wildman–Crippen MR) is 66.5 cm³/mol. The highest BCUT2D eigenvalue weighted by atomic mass is 79.9. The Hall–Kier alpha value is -1.05. The number of methoxy groups -OCH3 is 1. The van der Waals surface area contributed by atoms with Crippen molar-refractivity contribution >= 4 is 21.6 Å². The second-order valence-corrected chi connectivity index (χ2v) is 4.78. The molecule has 16 heavy (non-hydrogen) atoms. The van der Waals surface area contributed by atoms with Gasteiger partial charge < -0.3 is 9.64 Å². The minimum atomic E-state index is 0.287. The highest BCUT2D eigenvalue weighted by molar-refractivity contribution is 9.10. The van der Waals surface area contributed by atoms with Crippen LogP contribution in [0.5, 0.6) is 0 Å². The molecule has 4 heteroatoms. The van der Waals surface area contributed by atoms with Crippen LogP contribution in [0.2, 0.25) is 0 Å². The fourth-order valence-electron chi connectivity index (χ4n) is 2.01. The van der Waals surface area contributed by atoms with Crippen LogP contribution in [0.1, 0.15) is 12.0 Å². The maximum absolute atomic E-state index is 9.10. The fraction of sp³-hybridized carbons (Fsp3) is 0.417. The van der Waals surface area contributed by atoms with Crippen molar-refractivity contribution in [3.05, 3.63) is 28.2 Å². The Morgan fingerprint density at radius 3 is 3.00 bits per heavy atom. The van der Waals surface area contributed by atoms with Crippen LogP contribution in [0.4, 0.5) is 5.69 Å². The SMILES string of the molecule is COC1CCN(c2ccc(Br)cc2C#N)C1. The molecular formula is C12H13BrN2O. The van der Waals surface area contributed by atoms with Crippen molar-refractivity contribution in [3.8, 4) is 6.07 Å². The van der Waals surface area contributed by atoms with Gasteiger partial charge in [0.25, 0.3) is 0 Å². The lowest BCUT2D eigenvalue weighted by Crippen LogP contribution is -2.22. The normalized spacial score (nSPS) is 19.8. The first-order valence-electron chi connectivity index (χ1n) is 5.22. The van der Waals surface area contributed by atoms with Gasteiger partial charge in [0.2, 0.25) is 0 Å². The topological polar surface area (TPSA) is 36.3 Å². The minimum Gasteiger partial charge on any atom is -0.380 e. The van der Waals surface area contributed by atoms with E-state index in [0.717, 1.165) is 29.7 Å². The van der Waals surface area contributed by atoms with E-state index in [2.05, 4.69) is 26.9 Å². The molecule has 84 valence electrons. The summed E-state index contributed by atoms with van der Waals surface area (Å²) in [5.74, 6) is 0. The molecule has 1 aromatic rings. The quantitative estimate of drug-likeness (QED) is 0.835. The van der Waals surface area contributed by atoms with Crippen molar-refractivity contribution in [1.29, 1.82) is 5.26 Å². The van der Waals surface area contributed by atoms with E-state index in [4.69, 9.17) is 10.00 Å². The molecule has 0 N–H and O–H groups in total. The molecule has 1 aliphatic rings. The Morgan fingerprint density at radius 2 is 2.38 bits per heavy atom. The van der Waals surface area contributed by atoms with Gasteiger partial charge in [-0.3, -0.25) is 0 Å². The molecule has 1 aliphatic heterocycles. The molecule has 0 radical (unpaired) electrons. The van der Waals surface area contributed by atoms with Gasteiger partial charge in [-0.05, 0) is 24.6 Å². The van der Waals surface area contributed by atoms with E-state index in [1.54, 1.807) is 7.11 Å². The summed E-state index contributed by atoms with van der Waals surface area (Å²) in [6.45, 7) is 1.82. The van der Waals surface area contributed by atoms with Gasteiger partial charge in [0.1, 0.15) is 6.07 Å². The molecule has 3 nitrogen and oxygen atoms in total. The number of hydrogen-bond acceptors (Lipinski definition) is 3. The van der Waals surface area contributed by atoms with E-state index >= 15 is 0 Å². The predicted octanol–water partition coefficient (Wildman–Crippen LogP) is 2.55. The van der Waals surface area contributed by atoms with Crippen molar-refractivity contribution < 1.29 is 4.74 Å². The summed E-state index contributed by atoms with van der Waals surface area (Å²) < 4.78 is 6.27. The van der Waals surface area contributed by atoms with E-state index in [1.807, 2.05) is 18.2 Å². The van der Waals surface area contributed by atoms with Crippen molar-refractivity contribution in [1.82, 2.24) is 0 Å². The average molecular weight is 281 g/mol. The van der Waals surface area contributed by atoms with Crippen LogP contribution in [-0.2, 0) is 4.74 Å². The second kappa shape index (κ2) is 4.86. The number of ether oxygens (including phenoxy) is 1. The van der Waals surface area contributed by atoms with Gasteiger partial charge in [-0.25, -0.2) is 0 Å². The van der Waals surface area contributed by atoms with Gasteiger partial charge in [0.05, 0.1) is 17.4 Å². The summed E-state index contributed by atoms with van der Waals surface area (Å²) in [6, 6.07) is 8.05. The van der Waals surface area contributed by atoms with Crippen LogP contribution in [-0.4, -0.2) is 26.3 Å². The number of anilines is 1. The number of rotatable bonds is 2. The highest BCUT2D eigenvalue weighted by Crippen LogP contribution is 2.27. The van der Waals surface area contributed by atoms with Crippen molar-refractivity contribution in [2.75, 3.05) is 25.1 Å². The molecule has 0 spiro atoms. The Balaban J connectivity index is 2.25. The van der Waals surface area contributed by atoms with E-state index < -0.39 is 0 Å². The summed E-state index contributed by atoms with van der Waals surface area (Å²) in [5, 5.41) is 9.10. The second-order valence-electron chi connectivity index (χ2n) is 3.87. The Labute approximate surface area is 104 Å². The lowest BCUT2D eigenvalue weighted by atomic mass is 10.2. The summed E-state index contributed by atoms with van der Waals surface area (Å²) in [5.41, 5.74) is 1.72. The third kappa shape index (κ3) is 2.21. The molecule has 1 atom stereocenters. The molecule has 0 aromatic heterocycles. The summed E-state index contributed by atoms with van der Waals surface area (Å²) in [4.78, 5) is 2.21. The summed E-state index contributed by atoms with van der Waals surface area (Å²) in [7, 11) is 1.74. The third-order valence-corrected chi connectivity index (χ3v) is 3.39. The molecule has 1 saturated heterocycles. The molecule has 1 fully saturated rings. The van der Waals surface area contributed by atoms with Crippen LogP contribution in [0.15, 0.2) is 22.7 Å². The maximum atomic E-state index is 9.10. The third-order valence-electron chi connectivity index (χ3n) is 2.90. The first-order valence-corrected chi connectivity index (χ1v) is 6.01. The smallest absolute Gasteiger partial charge is 0.101 e. The van der Waals surface area contributed by atoms with Gasteiger partial charge >= 0.3 is 0 Å². The molecule has 0 bridgehead atoms. The van der Waals surface area contributed by atoms with Gasteiger partial charge in [-0.1, -0.05) is 15.9 Å². The number of nitriles is 1. The van der Waals surface area contributed by atoms with Gasteiger partial charge in [-0.15, -0.1) is 0 Å². The first-order chi connectivity index (χ1) is 7.74. The highest BCUT2D eigenvalue weighted by Gasteiger charge is 2.23. The number of nitrogens with zero attached hydrogens (tertiary/aromatic N) is 2. The Bertz CT molecular complexity index is 428. The van der Waals surface area contributed by atoms with Crippen LogP contribution >= 0.6 is 15.9 Å². The van der Waals surface area contributed by atoms with E-state index in [9.17, 15) is 0 Å². The van der Waals surface area contributed by atoms with E-state index in [1.165, 1.54) is 0 Å². The van der Waals surface area contributed by atoms with Crippen LogP contribution in [0.25, 0.3) is 0 Å². The standard InChI is InChI=1S/C12H13BrN2O/c1-16-11-4-5-15(8-11)12-3-2-10(13)6-9(12)7-14/h2-3,6,11H,4-5,8H2,1H3. The van der Waals surface area contributed by atoms with Gasteiger partial charge in [0, 0.05) is 24.7 Å². The Morgan fingerprint density at radius 1 is 1.56 bits per heavy atom. The molecule has 1 aromatic carbocycles. The zero-order valence-electron chi connectivity index (χ0n) is 9.11. The molecule has 0 saturated carbocycles. The van der Waals surface area contributed by atoms with E-state index in [-0.39, 0.29) is 6.10 Å². The first kappa shape index (κ1) is 11.4. The number of benzene rings is 1. The van der Waals surface area contributed by atoms with Crippen LogP contribution < -0.4 is 4.90 Å². The van der Waals surface area contributed by atoms with Crippen LogP contribution in [0.3, 0.4) is 0 Å². The number of halogens is 1. The molecule has 1 heterocycles. The lowest BCUT2D eigenvalue weighted by molar-refractivity contribution is 0.121. The zero-order chi connectivity index (χ0) is 11.5. The largest absolute Gasteiger partial charge is 0.380 e. The fourth-order valence-corrected chi connectivity index (χ4v) is 2.37. The molecule has 0 amide bonds. The van der Waals surface area contributed by atoms with E-state index in [0.29, 0.717) is 5.56 Å². The molecular weight excluding hydrogens is 268 g/mol. The molecule has 1 unspecified atom stereocenters. The van der Waals surface area contributed by atoms with Crippen molar-refractivity contribution in [2.45, 2.75) is 12.5 Å². The van der Waals surface area contributed by atoms with Crippen molar-refractivity contribution in [3.63, 3.8) is 0 Å².